The number of thioether (sulfide) groups is 1. The van der Waals surface area contributed by atoms with Crippen LogP contribution in [0.1, 0.15) is 33.1 Å². The third-order valence-corrected chi connectivity index (χ3v) is 3.85. The van der Waals surface area contributed by atoms with E-state index < -0.39 is 0 Å². The predicted octanol–water partition coefficient (Wildman–Crippen LogP) is 3.95. The Bertz CT molecular complexity index is 364. The summed E-state index contributed by atoms with van der Waals surface area (Å²) in [5, 5.41) is 3.61. The molecule has 2 heteroatoms. The highest BCUT2D eigenvalue weighted by molar-refractivity contribution is 7.99. The van der Waals surface area contributed by atoms with Crippen LogP contribution in [-0.2, 0) is 0 Å². The predicted molar refractivity (Wildman–Crippen MR) is 81.9 cm³/mol. The van der Waals surface area contributed by atoms with Gasteiger partial charge in [-0.15, -0.1) is 23.6 Å². The van der Waals surface area contributed by atoms with E-state index in [9.17, 15) is 0 Å². The van der Waals surface area contributed by atoms with Gasteiger partial charge in [-0.3, -0.25) is 0 Å². The smallest absolute Gasteiger partial charge is 0.0170 e. The van der Waals surface area contributed by atoms with Gasteiger partial charge in [-0.2, -0.15) is 0 Å². The van der Waals surface area contributed by atoms with E-state index in [1.54, 1.807) is 0 Å². The molecule has 0 bridgehead atoms. The van der Waals surface area contributed by atoms with Gasteiger partial charge >= 0.3 is 0 Å². The molecule has 0 radical (unpaired) electrons. The van der Waals surface area contributed by atoms with Crippen molar-refractivity contribution in [3.05, 3.63) is 30.3 Å². The first kappa shape index (κ1) is 15.1. The lowest BCUT2D eigenvalue weighted by atomic mass is 10.2. The molecule has 0 aliphatic heterocycles. The van der Waals surface area contributed by atoms with Crippen molar-refractivity contribution in [3.63, 3.8) is 0 Å². The third kappa shape index (κ3) is 6.74. The van der Waals surface area contributed by atoms with E-state index in [2.05, 4.69) is 54.4 Å². The maximum absolute atomic E-state index is 3.61. The molecule has 18 heavy (non-hydrogen) atoms. The molecular weight excluding hydrogens is 238 g/mol. The zero-order valence-corrected chi connectivity index (χ0v) is 12.2. The highest BCUT2D eigenvalue weighted by Gasteiger charge is 2.07. The Morgan fingerprint density at radius 2 is 2.06 bits per heavy atom. The Labute approximate surface area is 116 Å². The van der Waals surface area contributed by atoms with E-state index in [-0.39, 0.29) is 0 Å². The molecule has 1 aromatic carbocycles. The molecule has 0 spiro atoms. The van der Waals surface area contributed by atoms with E-state index in [0.29, 0.717) is 6.04 Å². The summed E-state index contributed by atoms with van der Waals surface area (Å²) in [5.41, 5.74) is 0. The summed E-state index contributed by atoms with van der Waals surface area (Å²) in [4.78, 5) is 1.35. The Balaban J connectivity index is 2.36. The van der Waals surface area contributed by atoms with Gasteiger partial charge in [0.1, 0.15) is 0 Å². The van der Waals surface area contributed by atoms with Crippen LogP contribution in [0.4, 0.5) is 0 Å². The minimum Gasteiger partial charge on any atom is -0.313 e. The number of benzene rings is 1. The number of hydrogen-bond acceptors (Lipinski definition) is 2. The van der Waals surface area contributed by atoms with Crippen molar-refractivity contribution in [3.8, 4) is 11.8 Å². The standard InChI is InChI=1S/C16H23NS/c1-3-5-7-10-15(17-13-4-2)14-18-16-11-8-6-9-12-16/h6,8-9,11-12,15,17H,4,7,10,13-14H2,1-2H3. The van der Waals surface area contributed by atoms with Crippen molar-refractivity contribution in [2.75, 3.05) is 12.3 Å². The summed E-state index contributed by atoms with van der Waals surface area (Å²) in [6.45, 7) is 5.22. The number of hydrogen-bond donors (Lipinski definition) is 1. The minimum atomic E-state index is 0.566. The first-order valence-corrected chi connectivity index (χ1v) is 7.66. The number of rotatable bonds is 8. The lowest BCUT2D eigenvalue weighted by Crippen LogP contribution is -2.31. The van der Waals surface area contributed by atoms with Crippen LogP contribution < -0.4 is 5.32 Å². The van der Waals surface area contributed by atoms with Crippen molar-refractivity contribution in [1.82, 2.24) is 5.32 Å². The molecule has 0 amide bonds. The van der Waals surface area contributed by atoms with Crippen molar-refractivity contribution in [1.29, 1.82) is 0 Å². The van der Waals surface area contributed by atoms with Gasteiger partial charge in [0.2, 0.25) is 0 Å². The van der Waals surface area contributed by atoms with Crippen molar-refractivity contribution in [2.24, 2.45) is 0 Å². The van der Waals surface area contributed by atoms with Crippen LogP contribution >= 0.6 is 11.8 Å². The van der Waals surface area contributed by atoms with Crippen LogP contribution in [0.5, 0.6) is 0 Å². The van der Waals surface area contributed by atoms with Crippen molar-refractivity contribution in [2.45, 2.75) is 44.0 Å². The topological polar surface area (TPSA) is 12.0 Å². The van der Waals surface area contributed by atoms with Crippen molar-refractivity contribution < 1.29 is 0 Å². The van der Waals surface area contributed by atoms with Crippen LogP contribution in [0, 0.1) is 11.8 Å². The highest BCUT2D eigenvalue weighted by atomic mass is 32.2. The van der Waals surface area contributed by atoms with Gasteiger partial charge < -0.3 is 5.32 Å². The number of nitrogens with one attached hydrogen (secondary N) is 1. The van der Waals surface area contributed by atoms with Gasteiger partial charge in [0.05, 0.1) is 0 Å². The SMILES string of the molecule is CC#CCCC(CSc1ccccc1)NCCC. The molecule has 1 aromatic rings. The molecule has 0 aromatic heterocycles. The lowest BCUT2D eigenvalue weighted by molar-refractivity contribution is 0.526. The van der Waals surface area contributed by atoms with Gasteiger partial charge in [-0.05, 0) is 38.4 Å². The fourth-order valence-corrected chi connectivity index (χ4v) is 2.71. The Kier molecular flexibility index (Phi) is 8.46. The molecule has 1 rings (SSSR count). The maximum atomic E-state index is 3.61. The zero-order valence-electron chi connectivity index (χ0n) is 11.4. The van der Waals surface area contributed by atoms with Crippen molar-refractivity contribution >= 4 is 11.8 Å². The van der Waals surface area contributed by atoms with Gasteiger partial charge in [-0.1, -0.05) is 25.1 Å². The highest BCUT2D eigenvalue weighted by Crippen LogP contribution is 2.19. The Hall–Kier alpha value is -0.910. The molecule has 1 nitrogen and oxygen atoms in total. The molecule has 0 fully saturated rings. The second kappa shape index (κ2) is 10.1. The normalized spacial score (nSPS) is 11.7. The molecule has 1 unspecified atom stereocenters. The average Bonchev–Trinajstić information content (AvgIpc) is 2.42. The third-order valence-electron chi connectivity index (χ3n) is 2.67. The molecule has 1 atom stereocenters. The molecular formula is C16H23NS. The Morgan fingerprint density at radius 1 is 1.28 bits per heavy atom. The van der Waals surface area contributed by atoms with Crippen LogP contribution in [0.3, 0.4) is 0 Å². The first-order chi connectivity index (χ1) is 8.86. The van der Waals surface area contributed by atoms with Crippen LogP contribution in [0.15, 0.2) is 35.2 Å². The quantitative estimate of drug-likeness (QED) is 0.562. The largest absolute Gasteiger partial charge is 0.313 e. The molecule has 0 aliphatic rings. The van der Waals surface area contributed by atoms with Gasteiger partial charge in [0, 0.05) is 23.1 Å². The summed E-state index contributed by atoms with van der Waals surface area (Å²) in [5.74, 6) is 7.24. The summed E-state index contributed by atoms with van der Waals surface area (Å²) < 4.78 is 0. The minimum absolute atomic E-state index is 0.566. The van der Waals surface area contributed by atoms with Gasteiger partial charge in [0.15, 0.2) is 0 Å². The molecule has 0 saturated carbocycles. The van der Waals surface area contributed by atoms with E-state index in [1.807, 2.05) is 18.7 Å². The molecule has 0 heterocycles. The zero-order chi connectivity index (χ0) is 13.1. The van der Waals surface area contributed by atoms with Gasteiger partial charge in [0.25, 0.3) is 0 Å². The molecule has 1 N–H and O–H groups in total. The van der Waals surface area contributed by atoms with E-state index in [1.165, 1.54) is 11.3 Å². The van der Waals surface area contributed by atoms with E-state index in [0.717, 1.165) is 25.1 Å². The fourth-order valence-electron chi connectivity index (χ4n) is 1.68. The summed E-state index contributed by atoms with van der Waals surface area (Å²) in [7, 11) is 0. The second-order valence-corrected chi connectivity index (χ2v) is 5.33. The second-order valence-electron chi connectivity index (χ2n) is 4.24. The van der Waals surface area contributed by atoms with Crippen LogP contribution in [0.25, 0.3) is 0 Å². The molecule has 0 saturated heterocycles. The monoisotopic (exact) mass is 261 g/mol. The lowest BCUT2D eigenvalue weighted by Gasteiger charge is -2.17. The first-order valence-electron chi connectivity index (χ1n) is 6.67. The summed E-state index contributed by atoms with van der Waals surface area (Å²) in [6.07, 6.45) is 3.32. The fraction of sp³-hybridized carbons (Fsp3) is 0.500. The Morgan fingerprint density at radius 3 is 2.72 bits per heavy atom. The van der Waals surface area contributed by atoms with Gasteiger partial charge in [-0.25, -0.2) is 0 Å². The van der Waals surface area contributed by atoms with E-state index >= 15 is 0 Å². The molecule has 98 valence electrons. The van der Waals surface area contributed by atoms with Crippen LogP contribution in [0.2, 0.25) is 0 Å². The maximum Gasteiger partial charge on any atom is 0.0170 e. The van der Waals surface area contributed by atoms with Crippen LogP contribution in [-0.4, -0.2) is 18.3 Å². The van der Waals surface area contributed by atoms with E-state index in [4.69, 9.17) is 0 Å². The summed E-state index contributed by atoms with van der Waals surface area (Å²) >= 11 is 1.93. The summed E-state index contributed by atoms with van der Waals surface area (Å²) in [6, 6.07) is 11.2. The molecule has 0 aliphatic carbocycles. The average molecular weight is 261 g/mol.